The third-order valence-electron chi connectivity index (χ3n) is 3.79. The van der Waals surface area contributed by atoms with E-state index in [0.29, 0.717) is 43.6 Å². The highest BCUT2D eigenvalue weighted by Gasteiger charge is 2.07. The van der Waals surface area contributed by atoms with Crippen LogP contribution < -0.4 is 20.5 Å². The molecule has 0 bridgehead atoms. The zero-order valence-electron chi connectivity index (χ0n) is 15.5. The molecular weight excluding hydrogens is 333 g/mol. The molecule has 2 aromatic rings. The van der Waals surface area contributed by atoms with Gasteiger partial charge in [-0.2, -0.15) is 0 Å². The number of hydrogen-bond acceptors (Lipinski definition) is 3. The lowest BCUT2D eigenvalue weighted by Gasteiger charge is -2.14. The lowest BCUT2D eigenvalue weighted by molar-refractivity contribution is 0.332. The maximum absolute atomic E-state index is 13.1. The first-order chi connectivity index (χ1) is 12.5. The molecule has 140 valence electrons. The predicted molar refractivity (Wildman–Crippen MR) is 104 cm³/mol. The standard InChI is InChI=1S/C20H26FN3O2/c1-4-25-17-8-9-19(26-5-2)18(13-17)24-20(22)23-11-10-15-6-7-16(21)12-14(15)3/h6-9,12-13H,4-5,10-11H2,1-3H3,(H3,22,23,24). The summed E-state index contributed by atoms with van der Waals surface area (Å²) in [7, 11) is 0. The van der Waals surface area contributed by atoms with E-state index in [1.165, 1.54) is 12.1 Å². The van der Waals surface area contributed by atoms with Crippen molar-refractivity contribution in [1.82, 2.24) is 0 Å². The van der Waals surface area contributed by atoms with Gasteiger partial charge in [-0.3, -0.25) is 4.99 Å². The fourth-order valence-electron chi connectivity index (χ4n) is 2.56. The largest absolute Gasteiger partial charge is 0.494 e. The Morgan fingerprint density at radius 1 is 1.12 bits per heavy atom. The Morgan fingerprint density at radius 2 is 1.88 bits per heavy atom. The molecule has 2 rings (SSSR count). The lowest BCUT2D eigenvalue weighted by Crippen LogP contribution is -2.23. The Labute approximate surface area is 154 Å². The summed E-state index contributed by atoms with van der Waals surface area (Å²) in [5.41, 5.74) is 8.67. The minimum absolute atomic E-state index is 0.228. The average molecular weight is 359 g/mol. The Kier molecular flexibility index (Phi) is 7.26. The third-order valence-corrected chi connectivity index (χ3v) is 3.79. The first-order valence-electron chi connectivity index (χ1n) is 8.75. The predicted octanol–water partition coefficient (Wildman–Crippen LogP) is 3.90. The monoisotopic (exact) mass is 359 g/mol. The number of halogens is 1. The smallest absolute Gasteiger partial charge is 0.193 e. The Bertz CT molecular complexity index is 763. The molecule has 0 radical (unpaired) electrons. The number of nitrogens with zero attached hydrogens (tertiary/aromatic N) is 1. The topological polar surface area (TPSA) is 68.9 Å². The molecule has 3 N–H and O–H groups in total. The minimum Gasteiger partial charge on any atom is -0.494 e. The molecule has 0 saturated heterocycles. The van der Waals surface area contributed by atoms with Gasteiger partial charge in [-0.1, -0.05) is 6.07 Å². The number of anilines is 1. The van der Waals surface area contributed by atoms with Gasteiger partial charge in [0.05, 0.1) is 18.9 Å². The molecule has 0 aliphatic rings. The lowest BCUT2D eigenvalue weighted by atomic mass is 10.1. The number of hydrogen-bond donors (Lipinski definition) is 2. The minimum atomic E-state index is -0.228. The Balaban J connectivity index is 2.04. The van der Waals surface area contributed by atoms with Gasteiger partial charge in [0.15, 0.2) is 5.96 Å². The second-order valence-corrected chi connectivity index (χ2v) is 5.74. The van der Waals surface area contributed by atoms with Crippen molar-refractivity contribution in [2.75, 3.05) is 25.1 Å². The van der Waals surface area contributed by atoms with Crippen molar-refractivity contribution in [1.29, 1.82) is 0 Å². The number of ether oxygens (including phenoxy) is 2. The van der Waals surface area contributed by atoms with Gasteiger partial charge >= 0.3 is 0 Å². The van der Waals surface area contributed by atoms with Crippen LogP contribution in [0, 0.1) is 12.7 Å². The molecule has 0 aliphatic carbocycles. The number of nitrogens with two attached hydrogens (primary N) is 1. The third kappa shape index (κ3) is 5.65. The fraction of sp³-hybridized carbons (Fsp3) is 0.350. The van der Waals surface area contributed by atoms with Crippen molar-refractivity contribution >= 4 is 11.6 Å². The first-order valence-corrected chi connectivity index (χ1v) is 8.75. The van der Waals surface area contributed by atoms with E-state index in [4.69, 9.17) is 15.2 Å². The van der Waals surface area contributed by atoms with Crippen LogP contribution in [-0.2, 0) is 6.42 Å². The highest BCUT2D eigenvalue weighted by molar-refractivity contribution is 5.94. The molecule has 0 aromatic heterocycles. The van der Waals surface area contributed by atoms with Crippen LogP contribution in [0.4, 0.5) is 10.1 Å². The summed E-state index contributed by atoms with van der Waals surface area (Å²) >= 11 is 0. The van der Waals surface area contributed by atoms with E-state index in [2.05, 4.69) is 10.3 Å². The number of aryl methyl sites for hydroxylation is 1. The van der Waals surface area contributed by atoms with Crippen molar-refractivity contribution < 1.29 is 13.9 Å². The Hall–Kier alpha value is -2.76. The SMILES string of the molecule is CCOc1ccc(OCC)c(NC(N)=NCCc2ccc(F)cc2C)c1. The van der Waals surface area contributed by atoms with Crippen LogP contribution >= 0.6 is 0 Å². The van der Waals surface area contributed by atoms with Crippen molar-refractivity contribution in [2.45, 2.75) is 27.2 Å². The number of aliphatic imine (C=N–C) groups is 1. The quantitative estimate of drug-likeness (QED) is 0.554. The van der Waals surface area contributed by atoms with Crippen molar-refractivity contribution in [3.05, 3.63) is 53.3 Å². The molecule has 0 unspecified atom stereocenters. The maximum atomic E-state index is 13.1. The summed E-state index contributed by atoms with van der Waals surface area (Å²) < 4.78 is 24.3. The van der Waals surface area contributed by atoms with E-state index >= 15 is 0 Å². The summed E-state index contributed by atoms with van der Waals surface area (Å²) in [5, 5.41) is 3.07. The second kappa shape index (κ2) is 9.65. The molecule has 0 amide bonds. The molecule has 26 heavy (non-hydrogen) atoms. The number of nitrogens with one attached hydrogen (secondary N) is 1. The van der Waals surface area contributed by atoms with Gasteiger partial charge in [-0.05, 0) is 62.6 Å². The average Bonchev–Trinajstić information content (AvgIpc) is 2.59. The van der Waals surface area contributed by atoms with Crippen molar-refractivity contribution in [2.24, 2.45) is 10.7 Å². The highest BCUT2D eigenvalue weighted by atomic mass is 19.1. The molecule has 0 saturated carbocycles. The second-order valence-electron chi connectivity index (χ2n) is 5.74. The zero-order valence-corrected chi connectivity index (χ0v) is 15.5. The number of rotatable bonds is 8. The van der Waals surface area contributed by atoms with Crippen LogP contribution in [0.1, 0.15) is 25.0 Å². The first kappa shape index (κ1) is 19.6. The molecule has 0 fully saturated rings. The normalized spacial score (nSPS) is 11.3. The summed E-state index contributed by atoms with van der Waals surface area (Å²) in [4.78, 5) is 4.35. The number of guanidine groups is 1. The van der Waals surface area contributed by atoms with Crippen LogP contribution in [-0.4, -0.2) is 25.7 Å². The van der Waals surface area contributed by atoms with Gasteiger partial charge in [0.1, 0.15) is 17.3 Å². The van der Waals surface area contributed by atoms with Gasteiger partial charge < -0.3 is 20.5 Å². The van der Waals surface area contributed by atoms with Crippen LogP contribution in [0.5, 0.6) is 11.5 Å². The van der Waals surface area contributed by atoms with E-state index in [1.807, 2.05) is 39.0 Å². The molecule has 5 nitrogen and oxygen atoms in total. The molecule has 0 atom stereocenters. The van der Waals surface area contributed by atoms with E-state index in [-0.39, 0.29) is 5.82 Å². The van der Waals surface area contributed by atoms with Crippen molar-refractivity contribution in [3.63, 3.8) is 0 Å². The van der Waals surface area contributed by atoms with Gasteiger partial charge in [0.2, 0.25) is 0 Å². The van der Waals surface area contributed by atoms with E-state index in [9.17, 15) is 4.39 Å². The van der Waals surface area contributed by atoms with Crippen LogP contribution in [0.3, 0.4) is 0 Å². The van der Waals surface area contributed by atoms with Gasteiger partial charge in [-0.15, -0.1) is 0 Å². The van der Waals surface area contributed by atoms with Crippen LogP contribution in [0.25, 0.3) is 0 Å². The summed E-state index contributed by atoms with van der Waals surface area (Å²) in [6, 6.07) is 10.3. The highest BCUT2D eigenvalue weighted by Crippen LogP contribution is 2.29. The summed E-state index contributed by atoms with van der Waals surface area (Å²) in [6.45, 7) is 7.36. The zero-order chi connectivity index (χ0) is 18.9. The summed E-state index contributed by atoms with van der Waals surface area (Å²) in [6.07, 6.45) is 0.686. The number of benzene rings is 2. The maximum Gasteiger partial charge on any atom is 0.193 e. The summed E-state index contributed by atoms with van der Waals surface area (Å²) in [5.74, 6) is 1.48. The van der Waals surface area contributed by atoms with E-state index < -0.39 is 0 Å². The molecule has 2 aromatic carbocycles. The van der Waals surface area contributed by atoms with Gasteiger partial charge in [-0.25, -0.2) is 4.39 Å². The van der Waals surface area contributed by atoms with E-state index in [0.717, 1.165) is 16.9 Å². The fourth-order valence-corrected chi connectivity index (χ4v) is 2.56. The Morgan fingerprint density at radius 3 is 2.58 bits per heavy atom. The molecule has 6 heteroatoms. The van der Waals surface area contributed by atoms with Crippen LogP contribution in [0.2, 0.25) is 0 Å². The van der Waals surface area contributed by atoms with Crippen LogP contribution in [0.15, 0.2) is 41.4 Å². The molecule has 0 heterocycles. The molecule has 0 aliphatic heterocycles. The molecule has 0 spiro atoms. The van der Waals surface area contributed by atoms with Crippen molar-refractivity contribution in [3.8, 4) is 11.5 Å². The van der Waals surface area contributed by atoms with Gasteiger partial charge in [0, 0.05) is 12.6 Å². The van der Waals surface area contributed by atoms with Gasteiger partial charge in [0.25, 0.3) is 0 Å². The van der Waals surface area contributed by atoms with E-state index in [1.54, 1.807) is 6.07 Å². The molecular formula is C20H26FN3O2.